The minimum absolute atomic E-state index is 0.184. The molecule has 4 rings (SSSR count). The molecule has 0 aliphatic rings. The second-order valence-electron chi connectivity index (χ2n) is 8.90. The molecule has 0 amide bonds. The van der Waals surface area contributed by atoms with Crippen LogP contribution in [-0.2, 0) is 17.8 Å². The Bertz CT molecular complexity index is 1260. The fourth-order valence-electron chi connectivity index (χ4n) is 3.86. The molecular weight excluding hydrogens is 466 g/mol. The van der Waals surface area contributed by atoms with E-state index in [9.17, 15) is 9.90 Å². The van der Waals surface area contributed by atoms with Crippen molar-refractivity contribution in [2.24, 2.45) is 5.92 Å². The molecule has 0 radical (unpaired) electrons. The Labute approximate surface area is 208 Å². The lowest BCUT2D eigenvalue weighted by atomic mass is 10.1. The van der Waals surface area contributed by atoms with Crippen LogP contribution >= 0.6 is 11.3 Å². The lowest BCUT2D eigenvalue weighted by Gasteiger charge is -2.24. The molecule has 3 heterocycles. The van der Waals surface area contributed by atoms with Gasteiger partial charge in [0.1, 0.15) is 22.2 Å². The molecule has 0 bridgehead atoms. The molecule has 0 fully saturated rings. The Kier molecular flexibility index (Phi) is 8.35. The Balaban J connectivity index is 1.54. The molecular formula is C26H31N3O5S. The first kappa shape index (κ1) is 25.1. The maximum absolute atomic E-state index is 13.1. The van der Waals surface area contributed by atoms with Crippen LogP contribution in [0.3, 0.4) is 0 Å². The highest BCUT2D eigenvalue weighted by molar-refractivity contribution is 7.17. The summed E-state index contributed by atoms with van der Waals surface area (Å²) in [7, 11) is 1.62. The standard InChI is InChI=1S/C26H31N3O5S/c1-17(2)14-33-15-19(30)11-29(12-21-5-4-10-34-21)13-23-27-25(31)24-22(16-35-26(24)28-23)18-6-8-20(32-3)9-7-18/h4-10,16-17,19,30H,11-15H2,1-3H3,(H,27,28,31)/t19-/m0/s1. The fourth-order valence-corrected chi connectivity index (χ4v) is 4.83. The average Bonchev–Trinajstić information content (AvgIpc) is 3.49. The lowest BCUT2D eigenvalue weighted by Crippen LogP contribution is -2.35. The van der Waals surface area contributed by atoms with E-state index in [1.54, 1.807) is 13.4 Å². The van der Waals surface area contributed by atoms with Crippen molar-refractivity contribution in [2.75, 3.05) is 26.9 Å². The van der Waals surface area contributed by atoms with Gasteiger partial charge < -0.3 is 24.0 Å². The van der Waals surface area contributed by atoms with Gasteiger partial charge in [-0.2, -0.15) is 0 Å². The number of ether oxygens (including phenoxy) is 2. The van der Waals surface area contributed by atoms with Crippen molar-refractivity contribution in [1.29, 1.82) is 0 Å². The van der Waals surface area contributed by atoms with Crippen molar-refractivity contribution in [3.63, 3.8) is 0 Å². The van der Waals surface area contributed by atoms with E-state index in [4.69, 9.17) is 18.9 Å². The Morgan fingerprint density at radius 2 is 1.97 bits per heavy atom. The van der Waals surface area contributed by atoms with Crippen LogP contribution in [0.1, 0.15) is 25.4 Å². The van der Waals surface area contributed by atoms with Gasteiger partial charge in [-0.15, -0.1) is 11.3 Å². The van der Waals surface area contributed by atoms with Crippen LogP contribution in [0.25, 0.3) is 21.3 Å². The zero-order chi connectivity index (χ0) is 24.8. The normalized spacial score (nSPS) is 12.6. The molecule has 0 spiro atoms. The first-order valence-electron chi connectivity index (χ1n) is 11.6. The predicted octanol–water partition coefficient (Wildman–Crippen LogP) is 4.29. The van der Waals surface area contributed by atoms with E-state index in [-0.39, 0.29) is 12.2 Å². The van der Waals surface area contributed by atoms with Crippen LogP contribution in [0.2, 0.25) is 0 Å². The van der Waals surface area contributed by atoms with Crippen molar-refractivity contribution >= 4 is 21.6 Å². The number of nitrogens with zero attached hydrogens (tertiary/aromatic N) is 2. The summed E-state index contributed by atoms with van der Waals surface area (Å²) < 4.78 is 16.3. The van der Waals surface area contributed by atoms with Gasteiger partial charge in [0.25, 0.3) is 5.56 Å². The monoisotopic (exact) mass is 497 g/mol. The molecule has 0 aliphatic carbocycles. The van der Waals surface area contributed by atoms with E-state index in [2.05, 4.69) is 18.8 Å². The molecule has 4 aromatic rings. The largest absolute Gasteiger partial charge is 0.497 e. The minimum Gasteiger partial charge on any atom is -0.497 e. The van der Waals surface area contributed by atoms with Crippen molar-refractivity contribution in [3.8, 4) is 16.9 Å². The quantitative estimate of drug-likeness (QED) is 0.301. The topological polar surface area (TPSA) is 101 Å². The van der Waals surface area contributed by atoms with Crippen LogP contribution < -0.4 is 10.3 Å². The van der Waals surface area contributed by atoms with Gasteiger partial charge in [-0.05, 0) is 35.7 Å². The van der Waals surface area contributed by atoms with Crippen LogP contribution in [0, 0.1) is 5.92 Å². The van der Waals surface area contributed by atoms with E-state index in [0.717, 1.165) is 22.6 Å². The number of methoxy groups -OCH3 is 1. The first-order valence-corrected chi connectivity index (χ1v) is 12.5. The smallest absolute Gasteiger partial charge is 0.260 e. The van der Waals surface area contributed by atoms with Gasteiger partial charge in [-0.1, -0.05) is 26.0 Å². The zero-order valence-electron chi connectivity index (χ0n) is 20.2. The van der Waals surface area contributed by atoms with Gasteiger partial charge in [0, 0.05) is 24.1 Å². The average molecular weight is 498 g/mol. The predicted molar refractivity (Wildman–Crippen MR) is 137 cm³/mol. The van der Waals surface area contributed by atoms with Gasteiger partial charge in [-0.3, -0.25) is 9.69 Å². The van der Waals surface area contributed by atoms with Gasteiger partial charge in [0.2, 0.25) is 0 Å². The number of nitrogens with one attached hydrogen (secondary N) is 1. The maximum atomic E-state index is 13.1. The highest BCUT2D eigenvalue weighted by Gasteiger charge is 2.18. The van der Waals surface area contributed by atoms with Crippen molar-refractivity contribution < 1.29 is 19.0 Å². The van der Waals surface area contributed by atoms with Gasteiger partial charge in [-0.25, -0.2) is 4.98 Å². The second-order valence-corrected chi connectivity index (χ2v) is 9.76. The van der Waals surface area contributed by atoms with Crippen molar-refractivity contribution in [3.05, 3.63) is 70.0 Å². The summed E-state index contributed by atoms with van der Waals surface area (Å²) in [5.41, 5.74) is 1.59. The summed E-state index contributed by atoms with van der Waals surface area (Å²) in [6.07, 6.45) is 0.941. The molecule has 35 heavy (non-hydrogen) atoms. The number of aliphatic hydroxyl groups excluding tert-OH is 1. The second kappa shape index (κ2) is 11.6. The number of H-pyrrole nitrogens is 1. The third-order valence-corrected chi connectivity index (χ3v) is 6.33. The van der Waals surface area contributed by atoms with Crippen LogP contribution in [0.4, 0.5) is 0 Å². The summed E-state index contributed by atoms with van der Waals surface area (Å²) in [6.45, 7) is 6.14. The number of benzene rings is 1. The molecule has 1 aromatic carbocycles. The summed E-state index contributed by atoms with van der Waals surface area (Å²) in [4.78, 5) is 23.4. The number of furan rings is 1. The Hall–Kier alpha value is -2.98. The lowest BCUT2D eigenvalue weighted by molar-refractivity contribution is 0.00421. The molecule has 8 nitrogen and oxygen atoms in total. The number of hydrogen-bond acceptors (Lipinski definition) is 8. The molecule has 1 atom stereocenters. The number of fused-ring (bicyclic) bond motifs is 1. The van der Waals surface area contributed by atoms with E-state index >= 15 is 0 Å². The molecule has 0 aliphatic heterocycles. The summed E-state index contributed by atoms with van der Waals surface area (Å²) in [6, 6.07) is 11.3. The van der Waals surface area contributed by atoms with E-state index in [0.29, 0.717) is 48.2 Å². The van der Waals surface area contributed by atoms with E-state index in [1.165, 1.54) is 11.3 Å². The number of thiophene rings is 1. The third-order valence-electron chi connectivity index (χ3n) is 5.46. The van der Waals surface area contributed by atoms with Crippen molar-refractivity contribution in [1.82, 2.24) is 14.9 Å². The number of aromatic amines is 1. The van der Waals surface area contributed by atoms with E-state index < -0.39 is 6.10 Å². The summed E-state index contributed by atoms with van der Waals surface area (Å²) in [5, 5.41) is 13.1. The van der Waals surface area contributed by atoms with Crippen LogP contribution in [0.5, 0.6) is 5.75 Å². The molecule has 3 aromatic heterocycles. The molecule has 0 unspecified atom stereocenters. The van der Waals surface area contributed by atoms with Crippen LogP contribution in [0.15, 0.2) is 57.3 Å². The number of hydrogen-bond donors (Lipinski definition) is 2. The van der Waals surface area contributed by atoms with Gasteiger partial charge in [0.15, 0.2) is 0 Å². The maximum Gasteiger partial charge on any atom is 0.260 e. The highest BCUT2D eigenvalue weighted by Crippen LogP contribution is 2.31. The zero-order valence-corrected chi connectivity index (χ0v) is 21.0. The molecule has 9 heteroatoms. The molecule has 0 saturated heterocycles. The van der Waals surface area contributed by atoms with Gasteiger partial charge >= 0.3 is 0 Å². The first-order chi connectivity index (χ1) is 16.9. The minimum atomic E-state index is -0.678. The van der Waals surface area contributed by atoms with E-state index in [1.807, 2.05) is 46.7 Å². The van der Waals surface area contributed by atoms with Crippen LogP contribution in [-0.4, -0.2) is 52.9 Å². The third kappa shape index (κ3) is 6.58. The Morgan fingerprint density at radius 3 is 2.66 bits per heavy atom. The molecule has 0 saturated carbocycles. The number of aromatic nitrogens is 2. The van der Waals surface area contributed by atoms with Gasteiger partial charge in [0.05, 0.1) is 44.6 Å². The molecule has 2 N–H and O–H groups in total. The summed E-state index contributed by atoms with van der Waals surface area (Å²) in [5.74, 6) is 2.46. The fraction of sp³-hybridized carbons (Fsp3) is 0.385. The number of rotatable bonds is 12. The number of aliphatic hydroxyl groups is 1. The van der Waals surface area contributed by atoms with Crippen molar-refractivity contribution in [2.45, 2.75) is 33.0 Å². The molecule has 186 valence electrons. The Morgan fingerprint density at radius 1 is 1.17 bits per heavy atom. The SMILES string of the molecule is COc1ccc(-c2csc3nc(CN(Cc4ccco4)C[C@H](O)COCC(C)C)[nH]c(=O)c23)cc1. The highest BCUT2D eigenvalue weighted by atomic mass is 32.1. The summed E-state index contributed by atoms with van der Waals surface area (Å²) >= 11 is 1.44.